The molecular formula is C22H28ClN5O3. The summed E-state index contributed by atoms with van der Waals surface area (Å²) in [5, 5.41) is 0. The van der Waals surface area contributed by atoms with E-state index in [0.717, 1.165) is 36.5 Å². The summed E-state index contributed by atoms with van der Waals surface area (Å²) in [5.74, 6) is 1.46. The Balaban J connectivity index is 0.00000272. The van der Waals surface area contributed by atoms with Gasteiger partial charge >= 0.3 is 6.09 Å². The molecule has 0 aliphatic carbocycles. The van der Waals surface area contributed by atoms with Crippen LogP contribution in [-0.2, 0) is 4.74 Å². The van der Waals surface area contributed by atoms with Gasteiger partial charge in [-0.25, -0.2) is 14.8 Å². The van der Waals surface area contributed by atoms with Crippen LogP contribution >= 0.6 is 12.4 Å². The van der Waals surface area contributed by atoms with Gasteiger partial charge in [0.25, 0.3) is 5.91 Å². The summed E-state index contributed by atoms with van der Waals surface area (Å²) in [5.41, 5.74) is 2.83. The van der Waals surface area contributed by atoms with Crippen LogP contribution in [0.1, 0.15) is 34.8 Å². The van der Waals surface area contributed by atoms with Gasteiger partial charge in [-0.3, -0.25) is 9.69 Å². The highest BCUT2D eigenvalue weighted by Crippen LogP contribution is 2.24. The summed E-state index contributed by atoms with van der Waals surface area (Å²) >= 11 is 0. The van der Waals surface area contributed by atoms with Crippen molar-refractivity contribution in [2.45, 2.75) is 33.2 Å². The van der Waals surface area contributed by atoms with E-state index in [9.17, 15) is 9.59 Å². The average molecular weight is 446 g/mol. The van der Waals surface area contributed by atoms with Crippen molar-refractivity contribution in [1.82, 2.24) is 14.9 Å². The second-order valence-electron chi connectivity index (χ2n) is 7.85. The van der Waals surface area contributed by atoms with Gasteiger partial charge in [-0.2, -0.15) is 0 Å². The van der Waals surface area contributed by atoms with Crippen molar-refractivity contribution in [3.05, 3.63) is 47.3 Å². The molecule has 0 saturated carbocycles. The van der Waals surface area contributed by atoms with Crippen molar-refractivity contribution in [2.75, 3.05) is 42.6 Å². The van der Waals surface area contributed by atoms with Crippen LogP contribution in [0.15, 0.2) is 30.6 Å². The molecule has 4 rings (SSSR count). The highest BCUT2D eigenvalue weighted by Gasteiger charge is 2.34. The number of pyridine rings is 2. The summed E-state index contributed by atoms with van der Waals surface area (Å²) in [6.45, 7) is 9.23. The average Bonchev–Trinajstić information content (AvgIpc) is 3.14. The summed E-state index contributed by atoms with van der Waals surface area (Å²) in [7, 11) is 0. The zero-order valence-electron chi connectivity index (χ0n) is 18.1. The predicted molar refractivity (Wildman–Crippen MR) is 121 cm³/mol. The molecule has 1 atom stereocenters. The molecule has 166 valence electrons. The van der Waals surface area contributed by atoms with Crippen LogP contribution in [0.3, 0.4) is 0 Å². The predicted octanol–water partition coefficient (Wildman–Crippen LogP) is 3.21. The number of ether oxygens (including phenoxy) is 1. The van der Waals surface area contributed by atoms with Gasteiger partial charge in [0.15, 0.2) is 0 Å². The highest BCUT2D eigenvalue weighted by atomic mass is 35.5. The van der Waals surface area contributed by atoms with Crippen LogP contribution in [0.25, 0.3) is 0 Å². The molecule has 0 radical (unpaired) electrons. The van der Waals surface area contributed by atoms with Gasteiger partial charge in [0.05, 0.1) is 11.6 Å². The SMILES string of the molecule is CCC1COC(=O)N1c1ccc(C(=O)N2CCN(c3ncc(C)cc3C)CC2)cn1.Cl. The third-order valence-electron chi connectivity index (χ3n) is 5.73. The maximum atomic E-state index is 12.9. The summed E-state index contributed by atoms with van der Waals surface area (Å²) in [4.78, 5) is 39.5. The molecule has 0 N–H and O–H groups in total. The van der Waals surface area contributed by atoms with Crippen LogP contribution in [0.4, 0.5) is 16.4 Å². The number of amides is 2. The van der Waals surface area contributed by atoms with E-state index < -0.39 is 0 Å². The van der Waals surface area contributed by atoms with E-state index in [-0.39, 0.29) is 30.4 Å². The van der Waals surface area contributed by atoms with E-state index >= 15 is 0 Å². The van der Waals surface area contributed by atoms with Crippen LogP contribution < -0.4 is 9.80 Å². The lowest BCUT2D eigenvalue weighted by molar-refractivity contribution is 0.0746. The van der Waals surface area contributed by atoms with Gasteiger partial charge in [-0.05, 0) is 43.5 Å². The Hall–Kier alpha value is -2.87. The Labute approximate surface area is 188 Å². The normalized spacial score (nSPS) is 18.6. The van der Waals surface area contributed by atoms with Crippen LogP contribution in [0.5, 0.6) is 0 Å². The van der Waals surface area contributed by atoms with Crippen molar-refractivity contribution >= 4 is 36.0 Å². The standard InChI is InChI=1S/C22H27N5O3.ClH/c1-4-18-14-30-22(29)27(18)19-6-5-17(13-23-19)21(28)26-9-7-25(8-10-26)20-16(3)11-15(2)12-24-20;/h5-6,11-13,18H,4,7-10,14H2,1-3H3;1H. The fourth-order valence-corrected chi connectivity index (χ4v) is 4.04. The topological polar surface area (TPSA) is 78.9 Å². The van der Waals surface area contributed by atoms with Crippen molar-refractivity contribution in [3.63, 3.8) is 0 Å². The molecule has 31 heavy (non-hydrogen) atoms. The molecule has 1 unspecified atom stereocenters. The van der Waals surface area contributed by atoms with E-state index in [0.29, 0.717) is 31.1 Å². The van der Waals surface area contributed by atoms with E-state index in [4.69, 9.17) is 4.74 Å². The number of carbonyl (C=O) groups excluding carboxylic acids is 2. The molecule has 0 aromatic carbocycles. The van der Waals surface area contributed by atoms with Gasteiger partial charge in [-0.15, -0.1) is 12.4 Å². The number of aromatic nitrogens is 2. The molecule has 2 amide bonds. The molecule has 4 heterocycles. The van der Waals surface area contributed by atoms with Crippen molar-refractivity contribution in [2.24, 2.45) is 0 Å². The smallest absolute Gasteiger partial charge is 0.415 e. The van der Waals surface area contributed by atoms with Crippen LogP contribution in [-0.4, -0.2) is 65.7 Å². The van der Waals surface area contributed by atoms with E-state index in [2.05, 4.69) is 27.9 Å². The fraction of sp³-hybridized carbons (Fsp3) is 0.455. The Morgan fingerprint density at radius 3 is 2.48 bits per heavy atom. The molecule has 2 saturated heterocycles. The second kappa shape index (κ2) is 9.51. The van der Waals surface area contributed by atoms with E-state index in [1.165, 1.54) is 0 Å². The van der Waals surface area contributed by atoms with Crippen LogP contribution in [0, 0.1) is 13.8 Å². The molecule has 0 spiro atoms. The number of nitrogens with zero attached hydrogens (tertiary/aromatic N) is 5. The third kappa shape index (κ3) is 4.58. The fourth-order valence-electron chi connectivity index (χ4n) is 4.04. The Bertz CT molecular complexity index is 945. The minimum absolute atomic E-state index is 0. The van der Waals surface area contributed by atoms with Crippen LogP contribution in [0.2, 0.25) is 0 Å². The first-order valence-electron chi connectivity index (χ1n) is 10.4. The molecule has 2 fully saturated rings. The molecule has 9 heteroatoms. The Morgan fingerprint density at radius 1 is 1.13 bits per heavy atom. The largest absolute Gasteiger partial charge is 0.447 e. The van der Waals surface area contributed by atoms with Crippen molar-refractivity contribution < 1.29 is 14.3 Å². The quantitative estimate of drug-likeness (QED) is 0.719. The molecule has 2 aliphatic heterocycles. The number of hydrogen-bond acceptors (Lipinski definition) is 6. The monoisotopic (exact) mass is 445 g/mol. The lowest BCUT2D eigenvalue weighted by Gasteiger charge is -2.36. The lowest BCUT2D eigenvalue weighted by atomic mass is 10.1. The summed E-state index contributed by atoms with van der Waals surface area (Å²) < 4.78 is 5.12. The summed E-state index contributed by atoms with van der Waals surface area (Å²) in [6, 6.07) is 5.57. The van der Waals surface area contributed by atoms with E-state index in [1.54, 1.807) is 23.2 Å². The molecule has 2 aromatic rings. The maximum absolute atomic E-state index is 12.9. The first-order valence-corrected chi connectivity index (χ1v) is 10.4. The number of rotatable bonds is 4. The number of aryl methyl sites for hydroxylation is 2. The van der Waals surface area contributed by atoms with Crippen molar-refractivity contribution in [3.8, 4) is 0 Å². The minimum Gasteiger partial charge on any atom is -0.447 e. The lowest BCUT2D eigenvalue weighted by Crippen LogP contribution is -2.49. The number of hydrogen-bond donors (Lipinski definition) is 0. The molecule has 0 bridgehead atoms. The Kier molecular flexibility index (Phi) is 7.00. The second-order valence-corrected chi connectivity index (χ2v) is 7.85. The number of anilines is 2. The molecule has 2 aliphatic rings. The number of piperazine rings is 1. The Morgan fingerprint density at radius 2 is 1.87 bits per heavy atom. The first-order chi connectivity index (χ1) is 14.5. The maximum Gasteiger partial charge on any atom is 0.415 e. The van der Waals surface area contributed by atoms with E-state index in [1.807, 2.05) is 24.9 Å². The summed E-state index contributed by atoms with van der Waals surface area (Å²) in [6.07, 6.45) is 3.83. The minimum atomic E-state index is -0.385. The number of cyclic esters (lactones) is 1. The zero-order valence-corrected chi connectivity index (χ0v) is 18.9. The first kappa shape index (κ1) is 22.8. The number of halogens is 1. The molecule has 2 aromatic heterocycles. The van der Waals surface area contributed by atoms with Gasteiger partial charge in [0, 0.05) is 38.6 Å². The highest BCUT2D eigenvalue weighted by molar-refractivity contribution is 5.95. The molecule has 8 nitrogen and oxygen atoms in total. The third-order valence-corrected chi connectivity index (χ3v) is 5.73. The number of carbonyl (C=O) groups is 2. The van der Waals surface area contributed by atoms with Gasteiger partial charge < -0.3 is 14.5 Å². The van der Waals surface area contributed by atoms with Gasteiger partial charge in [0.2, 0.25) is 0 Å². The zero-order chi connectivity index (χ0) is 21.3. The molecular weight excluding hydrogens is 418 g/mol. The van der Waals surface area contributed by atoms with Gasteiger partial charge in [0.1, 0.15) is 18.2 Å². The van der Waals surface area contributed by atoms with Gasteiger partial charge in [-0.1, -0.05) is 13.0 Å². The van der Waals surface area contributed by atoms with Crippen molar-refractivity contribution in [1.29, 1.82) is 0 Å².